The topological polar surface area (TPSA) is 80.7 Å². The lowest BCUT2D eigenvalue weighted by molar-refractivity contribution is -0.793. The van der Waals surface area contributed by atoms with E-state index in [1.807, 2.05) is 0 Å². The molecule has 0 atom stereocenters. The van der Waals surface area contributed by atoms with E-state index < -0.39 is 0 Å². The van der Waals surface area contributed by atoms with Gasteiger partial charge in [0.1, 0.15) is 0 Å². The first-order chi connectivity index (χ1) is 12.1. The average Bonchev–Trinajstić information content (AvgIpc) is 3.02. The van der Waals surface area contributed by atoms with Crippen molar-refractivity contribution in [2.24, 2.45) is 0 Å². The zero-order chi connectivity index (χ0) is 18.0. The summed E-state index contributed by atoms with van der Waals surface area (Å²) in [6.07, 6.45) is 0. The van der Waals surface area contributed by atoms with Crippen molar-refractivity contribution in [3.63, 3.8) is 0 Å². The normalized spacial score (nSPS) is 10.6. The van der Waals surface area contributed by atoms with Crippen molar-refractivity contribution >= 4 is 11.6 Å². The van der Waals surface area contributed by atoms with Crippen LogP contribution in [-0.4, -0.2) is 26.5 Å². The van der Waals surface area contributed by atoms with E-state index in [0.29, 0.717) is 44.0 Å². The van der Waals surface area contributed by atoms with Gasteiger partial charge in [0.2, 0.25) is 11.4 Å². The van der Waals surface area contributed by atoms with Gasteiger partial charge in [0.15, 0.2) is 11.5 Å². The molecule has 130 valence electrons. The molecule has 3 aromatic rings. The minimum absolute atomic E-state index is 0.224. The van der Waals surface area contributed by atoms with Crippen LogP contribution < -0.4 is 19.1 Å². The van der Waals surface area contributed by atoms with Crippen molar-refractivity contribution in [1.82, 2.24) is 5.16 Å². The van der Waals surface area contributed by atoms with E-state index >= 15 is 0 Å². The molecular formula is C17H15ClN2O5. The molecule has 0 aliphatic carbocycles. The molecule has 3 rings (SSSR count). The average molecular weight is 363 g/mol. The van der Waals surface area contributed by atoms with Crippen LogP contribution in [0, 0.1) is 5.21 Å². The number of hydrogen-bond donors (Lipinski definition) is 0. The first-order valence-electron chi connectivity index (χ1n) is 7.25. The maximum Gasteiger partial charge on any atom is 0.256 e. The van der Waals surface area contributed by atoms with Crippen LogP contribution in [-0.2, 0) is 0 Å². The van der Waals surface area contributed by atoms with E-state index in [9.17, 15) is 5.21 Å². The van der Waals surface area contributed by atoms with Crippen molar-refractivity contribution in [3.05, 3.63) is 46.6 Å². The standard InChI is InChI=1S/C17H15ClN2O5/c1-22-13-8-11(9-14(23-2)17(13)24-3)16-15(19-25-20(16)21)10-4-6-12(18)7-5-10/h4-9H,1-3H3. The number of halogens is 1. The summed E-state index contributed by atoms with van der Waals surface area (Å²) in [5, 5.41) is 16.6. The van der Waals surface area contributed by atoms with Gasteiger partial charge in [-0.25, -0.2) is 0 Å². The molecule has 8 heteroatoms. The van der Waals surface area contributed by atoms with Crippen LogP contribution in [0.5, 0.6) is 17.2 Å². The lowest BCUT2D eigenvalue weighted by Gasteiger charge is -2.13. The maximum atomic E-state index is 12.2. The number of benzene rings is 2. The summed E-state index contributed by atoms with van der Waals surface area (Å²) in [7, 11) is 4.51. The Balaban J connectivity index is 2.20. The molecule has 0 saturated heterocycles. The second-order valence-corrected chi connectivity index (χ2v) is 5.48. The van der Waals surface area contributed by atoms with E-state index in [1.165, 1.54) is 21.3 Å². The minimum Gasteiger partial charge on any atom is -0.493 e. The zero-order valence-corrected chi connectivity index (χ0v) is 14.5. The SMILES string of the molecule is COc1cc(-c2c(-c3ccc(Cl)cc3)no[n+]2[O-])cc(OC)c1OC. The summed E-state index contributed by atoms with van der Waals surface area (Å²) >= 11 is 5.92. The van der Waals surface area contributed by atoms with E-state index in [0.717, 1.165) is 0 Å². The van der Waals surface area contributed by atoms with Gasteiger partial charge in [-0.2, -0.15) is 0 Å². The molecule has 1 aromatic heterocycles. The molecule has 0 fully saturated rings. The monoisotopic (exact) mass is 362 g/mol. The number of aromatic nitrogens is 2. The van der Waals surface area contributed by atoms with Crippen molar-refractivity contribution in [2.45, 2.75) is 0 Å². The predicted octanol–water partition coefficient (Wildman–Crippen LogP) is 3.32. The summed E-state index contributed by atoms with van der Waals surface area (Å²) in [5.41, 5.74) is 1.80. The van der Waals surface area contributed by atoms with Crippen LogP contribution in [0.15, 0.2) is 41.0 Å². The fraction of sp³-hybridized carbons (Fsp3) is 0.176. The Hall–Kier alpha value is -2.93. The van der Waals surface area contributed by atoms with Crippen LogP contribution in [0.4, 0.5) is 0 Å². The fourth-order valence-corrected chi connectivity index (χ4v) is 2.63. The number of nitrogens with zero attached hydrogens (tertiary/aromatic N) is 2. The highest BCUT2D eigenvalue weighted by Gasteiger charge is 2.26. The molecule has 0 bridgehead atoms. The second-order valence-electron chi connectivity index (χ2n) is 5.05. The molecule has 25 heavy (non-hydrogen) atoms. The van der Waals surface area contributed by atoms with Gasteiger partial charge in [-0.05, 0) is 41.3 Å². The van der Waals surface area contributed by atoms with Gasteiger partial charge in [-0.15, -0.1) is 0 Å². The molecular weight excluding hydrogens is 348 g/mol. The molecule has 0 aliphatic rings. The van der Waals surface area contributed by atoms with E-state index in [2.05, 4.69) is 5.16 Å². The number of hydrogen-bond acceptors (Lipinski definition) is 6. The summed E-state index contributed by atoms with van der Waals surface area (Å²) in [6.45, 7) is 0. The molecule has 0 saturated carbocycles. The second kappa shape index (κ2) is 6.90. The van der Waals surface area contributed by atoms with Crippen molar-refractivity contribution in [1.29, 1.82) is 0 Å². The lowest BCUT2D eigenvalue weighted by Crippen LogP contribution is -2.25. The Morgan fingerprint density at radius 3 is 2.08 bits per heavy atom. The third kappa shape index (κ3) is 3.06. The molecule has 0 spiro atoms. The zero-order valence-electron chi connectivity index (χ0n) is 13.8. The number of rotatable bonds is 5. The highest BCUT2D eigenvalue weighted by atomic mass is 35.5. The Kier molecular flexibility index (Phi) is 4.67. The molecule has 0 aliphatic heterocycles. The summed E-state index contributed by atoms with van der Waals surface area (Å²) in [5.74, 6) is 1.26. The quantitative estimate of drug-likeness (QED) is 0.648. The van der Waals surface area contributed by atoms with E-state index in [4.69, 9.17) is 30.4 Å². The Bertz CT molecular complexity index is 868. The summed E-state index contributed by atoms with van der Waals surface area (Å²) < 4.78 is 20.8. The van der Waals surface area contributed by atoms with Crippen LogP contribution >= 0.6 is 11.6 Å². The van der Waals surface area contributed by atoms with Gasteiger partial charge in [0, 0.05) is 21.3 Å². The molecule has 0 amide bonds. The van der Waals surface area contributed by atoms with Gasteiger partial charge in [-0.1, -0.05) is 11.6 Å². The van der Waals surface area contributed by atoms with E-state index in [1.54, 1.807) is 36.4 Å². The van der Waals surface area contributed by atoms with Gasteiger partial charge in [0.05, 0.1) is 21.3 Å². The predicted molar refractivity (Wildman–Crippen MR) is 91.0 cm³/mol. The highest BCUT2D eigenvalue weighted by Crippen LogP contribution is 2.42. The third-order valence-electron chi connectivity index (χ3n) is 3.67. The van der Waals surface area contributed by atoms with Gasteiger partial charge >= 0.3 is 0 Å². The first kappa shape index (κ1) is 16.9. The molecule has 2 aromatic carbocycles. The van der Waals surface area contributed by atoms with Crippen LogP contribution in [0.3, 0.4) is 0 Å². The van der Waals surface area contributed by atoms with Crippen LogP contribution in [0.1, 0.15) is 0 Å². The van der Waals surface area contributed by atoms with Crippen LogP contribution in [0.25, 0.3) is 22.5 Å². The van der Waals surface area contributed by atoms with Gasteiger partial charge in [-0.3, -0.25) is 4.63 Å². The molecule has 0 radical (unpaired) electrons. The molecule has 0 unspecified atom stereocenters. The largest absolute Gasteiger partial charge is 0.493 e. The lowest BCUT2D eigenvalue weighted by atomic mass is 10.0. The maximum absolute atomic E-state index is 12.2. The van der Waals surface area contributed by atoms with Crippen molar-refractivity contribution < 1.29 is 23.7 Å². The molecule has 0 N–H and O–H groups in total. The van der Waals surface area contributed by atoms with Crippen molar-refractivity contribution in [3.8, 4) is 39.8 Å². The highest BCUT2D eigenvalue weighted by molar-refractivity contribution is 6.30. The van der Waals surface area contributed by atoms with E-state index in [-0.39, 0.29) is 5.69 Å². The summed E-state index contributed by atoms with van der Waals surface area (Å²) in [6, 6.07) is 10.2. The minimum atomic E-state index is 0.224. The first-order valence-corrected chi connectivity index (χ1v) is 7.63. The summed E-state index contributed by atoms with van der Waals surface area (Å²) in [4.78, 5) is 0.338. The van der Waals surface area contributed by atoms with Gasteiger partial charge < -0.3 is 19.4 Å². The Morgan fingerprint density at radius 2 is 1.56 bits per heavy atom. The smallest absolute Gasteiger partial charge is 0.256 e. The van der Waals surface area contributed by atoms with Gasteiger partial charge in [0.25, 0.3) is 5.69 Å². The fourth-order valence-electron chi connectivity index (χ4n) is 2.51. The number of ether oxygens (including phenoxy) is 3. The molecule has 1 heterocycles. The van der Waals surface area contributed by atoms with Crippen molar-refractivity contribution in [2.75, 3.05) is 21.3 Å². The number of methoxy groups -OCH3 is 3. The Labute approximate surface area is 148 Å². The molecule has 7 nitrogen and oxygen atoms in total. The van der Waals surface area contributed by atoms with Crippen LogP contribution in [0.2, 0.25) is 5.02 Å². The third-order valence-corrected chi connectivity index (χ3v) is 3.92. The Morgan fingerprint density at radius 1 is 0.960 bits per heavy atom.